The molecule has 0 aromatic heterocycles. The zero-order valence-electron chi connectivity index (χ0n) is 9.95. The van der Waals surface area contributed by atoms with Gasteiger partial charge in [0, 0.05) is 31.4 Å². The Balaban J connectivity index is 0.00000162. The van der Waals surface area contributed by atoms with Gasteiger partial charge in [-0.1, -0.05) is 12.1 Å². The quantitative estimate of drug-likeness (QED) is 0.677. The minimum Gasteiger partial charge on any atom is -0.381 e. The minimum absolute atomic E-state index is 0. The van der Waals surface area contributed by atoms with E-state index in [1.165, 1.54) is 6.07 Å². The van der Waals surface area contributed by atoms with Gasteiger partial charge < -0.3 is 10.5 Å². The lowest BCUT2D eigenvalue weighted by Crippen LogP contribution is -2.27. The molecule has 1 saturated heterocycles. The fourth-order valence-corrected chi connectivity index (χ4v) is 2.19. The molecule has 0 amide bonds. The van der Waals surface area contributed by atoms with Crippen molar-refractivity contribution in [2.75, 3.05) is 13.2 Å². The highest BCUT2D eigenvalue weighted by Gasteiger charge is 2.23. The van der Waals surface area contributed by atoms with Crippen LogP contribution in [-0.2, 0) is 4.74 Å². The average Bonchev–Trinajstić information content (AvgIpc) is 2.39. The minimum atomic E-state index is -0.389. The van der Waals surface area contributed by atoms with Crippen LogP contribution < -0.4 is 5.73 Å². The summed E-state index contributed by atoms with van der Waals surface area (Å²) in [6.45, 7) is 1.46. The first-order valence-corrected chi connectivity index (χ1v) is 5.76. The van der Waals surface area contributed by atoms with E-state index >= 15 is 0 Å². The summed E-state index contributed by atoms with van der Waals surface area (Å²) >= 11 is 0. The van der Waals surface area contributed by atoms with Gasteiger partial charge in [-0.05, 0) is 24.3 Å². The molecule has 0 bridgehead atoms. The van der Waals surface area contributed by atoms with E-state index in [0.717, 1.165) is 31.6 Å². The molecule has 2 N–H and O–H groups in total. The third-order valence-corrected chi connectivity index (χ3v) is 3.24. The van der Waals surface area contributed by atoms with Crippen molar-refractivity contribution in [1.82, 2.24) is 0 Å². The van der Waals surface area contributed by atoms with Gasteiger partial charge in [-0.2, -0.15) is 0 Å². The molecule has 1 fully saturated rings. The molecule has 0 unspecified atom stereocenters. The van der Waals surface area contributed by atoms with Crippen LogP contribution in [0, 0.1) is 16.0 Å². The molecule has 0 saturated carbocycles. The third kappa shape index (κ3) is 3.41. The highest BCUT2D eigenvalue weighted by atomic mass is 35.5. The van der Waals surface area contributed by atoms with Crippen LogP contribution in [0.25, 0.3) is 0 Å². The van der Waals surface area contributed by atoms with Crippen molar-refractivity contribution < 1.29 is 9.66 Å². The van der Waals surface area contributed by atoms with Gasteiger partial charge in [0.15, 0.2) is 0 Å². The molecule has 0 aliphatic carbocycles. The number of benzene rings is 1. The number of hydrogen-bond donors (Lipinski definition) is 1. The maximum Gasteiger partial charge on any atom is 0.269 e. The van der Waals surface area contributed by atoms with E-state index in [1.807, 2.05) is 6.07 Å². The Hall–Kier alpha value is -1.17. The zero-order valence-corrected chi connectivity index (χ0v) is 10.8. The lowest BCUT2D eigenvalue weighted by atomic mass is 9.88. The maximum absolute atomic E-state index is 10.7. The lowest BCUT2D eigenvalue weighted by molar-refractivity contribution is -0.384. The van der Waals surface area contributed by atoms with Gasteiger partial charge in [-0.15, -0.1) is 12.4 Å². The van der Waals surface area contributed by atoms with Gasteiger partial charge in [0.2, 0.25) is 0 Å². The predicted octanol–water partition coefficient (Wildman–Crippen LogP) is 2.44. The summed E-state index contributed by atoms with van der Waals surface area (Å²) in [7, 11) is 0. The molecule has 1 aromatic carbocycles. The van der Waals surface area contributed by atoms with Gasteiger partial charge in [-0.3, -0.25) is 10.1 Å². The van der Waals surface area contributed by atoms with Crippen molar-refractivity contribution in [1.29, 1.82) is 0 Å². The van der Waals surface area contributed by atoms with Crippen LogP contribution in [-0.4, -0.2) is 18.1 Å². The van der Waals surface area contributed by atoms with Gasteiger partial charge in [0.05, 0.1) is 4.92 Å². The molecule has 1 aliphatic rings. The summed E-state index contributed by atoms with van der Waals surface area (Å²) in [5, 5.41) is 10.7. The van der Waals surface area contributed by atoms with Crippen molar-refractivity contribution in [2.24, 2.45) is 11.7 Å². The summed E-state index contributed by atoms with van der Waals surface area (Å²) in [6.07, 6.45) is 1.84. The van der Waals surface area contributed by atoms with Crippen LogP contribution in [0.1, 0.15) is 24.4 Å². The number of halogens is 1. The number of non-ortho nitro benzene ring substituents is 1. The summed E-state index contributed by atoms with van der Waals surface area (Å²) in [4.78, 5) is 10.3. The monoisotopic (exact) mass is 272 g/mol. The van der Waals surface area contributed by atoms with Gasteiger partial charge in [0.1, 0.15) is 0 Å². The SMILES string of the molecule is Cl.N[C@H](c1cccc([N+](=O)[O-])c1)C1CCOCC1. The maximum atomic E-state index is 10.7. The van der Waals surface area contributed by atoms with Crippen LogP contribution in [0.15, 0.2) is 24.3 Å². The Bertz CT molecular complexity index is 408. The molecule has 5 nitrogen and oxygen atoms in total. The molecule has 1 heterocycles. The average molecular weight is 273 g/mol. The number of nitrogens with zero attached hydrogens (tertiary/aromatic N) is 1. The predicted molar refractivity (Wildman–Crippen MR) is 70.8 cm³/mol. The Morgan fingerprint density at radius 1 is 1.39 bits per heavy atom. The fraction of sp³-hybridized carbons (Fsp3) is 0.500. The summed E-state index contributed by atoms with van der Waals surface area (Å²) in [5.41, 5.74) is 7.10. The first-order chi connectivity index (χ1) is 8.18. The zero-order chi connectivity index (χ0) is 12.3. The topological polar surface area (TPSA) is 78.4 Å². The second kappa shape index (κ2) is 6.68. The van der Waals surface area contributed by atoms with Crippen molar-refractivity contribution in [3.05, 3.63) is 39.9 Å². The highest BCUT2D eigenvalue weighted by molar-refractivity contribution is 5.85. The second-order valence-electron chi connectivity index (χ2n) is 4.33. The van der Waals surface area contributed by atoms with Crippen LogP contribution in [0.2, 0.25) is 0 Å². The number of nitrogens with two attached hydrogens (primary N) is 1. The van der Waals surface area contributed by atoms with E-state index in [-0.39, 0.29) is 29.1 Å². The van der Waals surface area contributed by atoms with Gasteiger partial charge in [-0.25, -0.2) is 0 Å². The molecular formula is C12H17ClN2O3. The van der Waals surface area contributed by atoms with E-state index in [1.54, 1.807) is 12.1 Å². The van der Waals surface area contributed by atoms with Crippen molar-refractivity contribution in [3.8, 4) is 0 Å². The number of nitro benzene ring substituents is 1. The number of rotatable bonds is 3. The molecule has 1 aromatic rings. The molecule has 0 radical (unpaired) electrons. The smallest absolute Gasteiger partial charge is 0.269 e. The number of hydrogen-bond acceptors (Lipinski definition) is 4. The van der Waals surface area contributed by atoms with E-state index in [0.29, 0.717) is 5.92 Å². The first-order valence-electron chi connectivity index (χ1n) is 5.76. The molecule has 18 heavy (non-hydrogen) atoms. The van der Waals surface area contributed by atoms with Crippen LogP contribution in [0.5, 0.6) is 0 Å². The summed E-state index contributed by atoms with van der Waals surface area (Å²) in [6, 6.07) is 6.46. The van der Waals surface area contributed by atoms with Crippen molar-refractivity contribution in [2.45, 2.75) is 18.9 Å². The Morgan fingerprint density at radius 2 is 2.06 bits per heavy atom. The van der Waals surface area contributed by atoms with Crippen LogP contribution >= 0.6 is 12.4 Å². The van der Waals surface area contributed by atoms with Gasteiger partial charge in [0.25, 0.3) is 5.69 Å². The highest BCUT2D eigenvalue weighted by Crippen LogP contribution is 2.29. The Kier molecular flexibility index (Phi) is 5.53. The Labute approximate surface area is 112 Å². The van der Waals surface area contributed by atoms with Gasteiger partial charge >= 0.3 is 0 Å². The Morgan fingerprint density at radius 3 is 2.67 bits per heavy atom. The van der Waals surface area contributed by atoms with Crippen LogP contribution in [0.4, 0.5) is 5.69 Å². The molecule has 2 rings (SSSR count). The summed E-state index contributed by atoms with van der Waals surface area (Å²) in [5.74, 6) is 0.353. The molecule has 100 valence electrons. The van der Waals surface area contributed by atoms with E-state index in [9.17, 15) is 10.1 Å². The van der Waals surface area contributed by atoms with Crippen LogP contribution in [0.3, 0.4) is 0 Å². The second-order valence-corrected chi connectivity index (χ2v) is 4.33. The molecular weight excluding hydrogens is 256 g/mol. The molecule has 0 spiro atoms. The molecule has 1 atom stereocenters. The van der Waals surface area contributed by atoms with Crippen molar-refractivity contribution >= 4 is 18.1 Å². The standard InChI is InChI=1S/C12H16N2O3.ClH/c13-12(9-4-6-17-7-5-9)10-2-1-3-11(8-10)14(15)16;/h1-3,8-9,12H,4-7,13H2;1H/t12-;/m0./s1. The van der Waals surface area contributed by atoms with E-state index in [2.05, 4.69) is 0 Å². The fourth-order valence-electron chi connectivity index (χ4n) is 2.19. The number of nitro groups is 1. The van der Waals surface area contributed by atoms with Crippen molar-refractivity contribution in [3.63, 3.8) is 0 Å². The largest absolute Gasteiger partial charge is 0.381 e. The number of ether oxygens (including phenoxy) is 1. The lowest BCUT2D eigenvalue weighted by Gasteiger charge is -2.27. The van der Waals surface area contributed by atoms with E-state index < -0.39 is 0 Å². The molecule has 1 aliphatic heterocycles. The van der Waals surface area contributed by atoms with E-state index in [4.69, 9.17) is 10.5 Å². The summed E-state index contributed by atoms with van der Waals surface area (Å²) < 4.78 is 5.28. The first kappa shape index (κ1) is 14.9. The third-order valence-electron chi connectivity index (χ3n) is 3.24. The molecule has 6 heteroatoms. The normalized spacial score (nSPS) is 17.8.